The Morgan fingerprint density at radius 3 is 0.873 bits per heavy atom. The molecule has 0 aromatic heterocycles. The highest BCUT2D eigenvalue weighted by Crippen LogP contribution is 2.17. The maximum Gasteiger partial charge on any atom is 0.306 e. The number of carbonyl (C=O) groups excluding carboxylic acids is 3. The van der Waals surface area contributed by atoms with E-state index in [9.17, 15) is 14.4 Å². The van der Waals surface area contributed by atoms with Gasteiger partial charge < -0.3 is 14.2 Å². The summed E-state index contributed by atoms with van der Waals surface area (Å²) in [6.45, 7) is 6.50. The third-order valence-corrected chi connectivity index (χ3v) is 13.8. The molecule has 0 aromatic carbocycles. The van der Waals surface area contributed by atoms with Crippen molar-refractivity contribution in [3.63, 3.8) is 0 Å². The molecule has 6 nitrogen and oxygen atoms in total. The van der Waals surface area contributed by atoms with Crippen molar-refractivity contribution in [2.45, 2.75) is 335 Å². The van der Waals surface area contributed by atoms with Gasteiger partial charge in [-0.3, -0.25) is 14.4 Å². The van der Waals surface area contributed by atoms with Gasteiger partial charge in [-0.05, 0) is 77.0 Å². The van der Waals surface area contributed by atoms with Gasteiger partial charge in [0.25, 0.3) is 0 Å². The van der Waals surface area contributed by atoms with Crippen LogP contribution in [0.2, 0.25) is 0 Å². The summed E-state index contributed by atoms with van der Waals surface area (Å²) in [6, 6.07) is 0. The fourth-order valence-corrected chi connectivity index (χ4v) is 9.16. The lowest BCUT2D eigenvalue weighted by atomic mass is 10.0. The van der Waals surface area contributed by atoms with E-state index in [0.717, 1.165) is 96.3 Å². The third-order valence-electron chi connectivity index (χ3n) is 13.8. The highest BCUT2D eigenvalue weighted by atomic mass is 16.6. The Morgan fingerprint density at radius 1 is 0.296 bits per heavy atom. The van der Waals surface area contributed by atoms with E-state index in [1.807, 2.05) is 0 Å². The van der Waals surface area contributed by atoms with E-state index in [4.69, 9.17) is 14.2 Å². The van der Waals surface area contributed by atoms with E-state index in [2.05, 4.69) is 69.4 Å². The van der Waals surface area contributed by atoms with Crippen molar-refractivity contribution in [2.24, 2.45) is 0 Å². The molecule has 0 saturated heterocycles. The average Bonchev–Trinajstić information content (AvgIpc) is 3.37. The van der Waals surface area contributed by atoms with Crippen molar-refractivity contribution in [2.75, 3.05) is 13.2 Å². The van der Waals surface area contributed by atoms with E-state index in [1.165, 1.54) is 193 Å². The van der Waals surface area contributed by atoms with Gasteiger partial charge in [-0.25, -0.2) is 0 Å². The lowest BCUT2D eigenvalue weighted by Crippen LogP contribution is -2.30. The van der Waals surface area contributed by atoms with Crippen LogP contribution in [0.3, 0.4) is 0 Å². The van der Waals surface area contributed by atoms with Gasteiger partial charge in [-0.1, -0.05) is 281 Å². The summed E-state index contributed by atoms with van der Waals surface area (Å²) < 4.78 is 16.8. The number of unbranched alkanes of at least 4 members (excludes halogenated alkanes) is 38. The predicted octanol–water partition coefficient (Wildman–Crippen LogP) is 21.0. The quantitative estimate of drug-likeness (QED) is 0.0261. The monoisotopic (exact) mass is 995 g/mol. The minimum Gasteiger partial charge on any atom is -0.462 e. The predicted molar refractivity (Wildman–Crippen MR) is 307 cm³/mol. The molecule has 0 N–H and O–H groups in total. The first-order chi connectivity index (χ1) is 35.0. The second-order valence-electron chi connectivity index (χ2n) is 20.9. The van der Waals surface area contributed by atoms with Crippen LogP contribution in [-0.2, 0) is 28.6 Å². The first-order valence-electron chi connectivity index (χ1n) is 31.1. The third kappa shape index (κ3) is 58.1. The van der Waals surface area contributed by atoms with E-state index in [1.54, 1.807) is 0 Å². The second kappa shape index (κ2) is 59.9. The van der Waals surface area contributed by atoms with Crippen LogP contribution >= 0.6 is 0 Å². The van der Waals surface area contributed by atoms with Crippen LogP contribution in [0, 0.1) is 0 Å². The van der Waals surface area contributed by atoms with Crippen LogP contribution in [0.5, 0.6) is 0 Å². The van der Waals surface area contributed by atoms with Crippen LogP contribution < -0.4 is 0 Å². The summed E-state index contributed by atoms with van der Waals surface area (Å²) in [7, 11) is 0. The van der Waals surface area contributed by atoms with Crippen molar-refractivity contribution in [1.82, 2.24) is 0 Å². The Kier molecular flexibility index (Phi) is 57.7. The Bertz CT molecular complexity index is 1230. The number of esters is 3. The van der Waals surface area contributed by atoms with Crippen LogP contribution in [0.4, 0.5) is 0 Å². The summed E-state index contributed by atoms with van der Waals surface area (Å²) in [6.07, 6.45) is 74.5. The van der Waals surface area contributed by atoms with E-state index in [0.29, 0.717) is 19.3 Å². The Hall–Kier alpha value is -2.63. The zero-order valence-corrected chi connectivity index (χ0v) is 47.5. The van der Waals surface area contributed by atoms with Crippen molar-refractivity contribution in [1.29, 1.82) is 0 Å². The van der Waals surface area contributed by atoms with Gasteiger partial charge in [-0.15, -0.1) is 0 Å². The van der Waals surface area contributed by atoms with Gasteiger partial charge in [0.2, 0.25) is 0 Å². The molecule has 0 bridgehead atoms. The number of ether oxygens (including phenoxy) is 3. The topological polar surface area (TPSA) is 78.9 Å². The summed E-state index contributed by atoms with van der Waals surface area (Å²) in [5, 5.41) is 0. The van der Waals surface area contributed by atoms with Gasteiger partial charge in [0, 0.05) is 19.3 Å². The number of hydrogen-bond acceptors (Lipinski definition) is 6. The summed E-state index contributed by atoms with van der Waals surface area (Å²) in [5.74, 6) is -0.887. The molecule has 0 spiro atoms. The number of carbonyl (C=O) groups is 3. The van der Waals surface area contributed by atoms with Crippen LogP contribution in [0.25, 0.3) is 0 Å². The van der Waals surface area contributed by atoms with Crippen molar-refractivity contribution < 1.29 is 28.6 Å². The second-order valence-corrected chi connectivity index (χ2v) is 20.9. The van der Waals surface area contributed by atoms with Crippen LogP contribution in [0.15, 0.2) is 48.6 Å². The average molecular weight is 996 g/mol. The summed E-state index contributed by atoms with van der Waals surface area (Å²) in [4.78, 5) is 37.9. The van der Waals surface area contributed by atoms with Gasteiger partial charge in [0.1, 0.15) is 13.2 Å². The van der Waals surface area contributed by atoms with Crippen molar-refractivity contribution in [3.8, 4) is 0 Å². The molecule has 0 aliphatic rings. The fourth-order valence-electron chi connectivity index (χ4n) is 9.16. The molecule has 0 saturated carbocycles. The first-order valence-corrected chi connectivity index (χ1v) is 31.1. The Morgan fingerprint density at radius 2 is 0.549 bits per heavy atom. The van der Waals surface area contributed by atoms with Crippen LogP contribution in [0.1, 0.15) is 329 Å². The minimum atomic E-state index is -0.777. The molecule has 414 valence electrons. The zero-order valence-electron chi connectivity index (χ0n) is 47.5. The molecule has 0 rings (SSSR count). The Labute approximate surface area is 441 Å². The molecular weight excluding hydrogens is 877 g/mol. The SMILES string of the molecule is CC/C=C\C/C=C\C/C=C\CCCCCCCC(=O)OC(COC(=O)CCCCCCCCC)COC(=O)CCCCCCCCCCCCCCCCCCCCC/C=C\CCCCCCCCCC. The van der Waals surface area contributed by atoms with Gasteiger partial charge in [0.05, 0.1) is 0 Å². The highest BCUT2D eigenvalue weighted by Gasteiger charge is 2.19. The van der Waals surface area contributed by atoms with Gasteiger partial charge in [0.15, 0.2) is 6.10 Å². The minimum absolute atomic E-state index is 0.0768. The van der Waals surface area contributed by atoms with E-state index < -0.39 is 6.10 Å². The van der Waals surface area contributed by atoms with Gasteiger partial charge in [-0.2, -0.15) is 0 Å². The molecule has 0 aliphatic heterocycles. The molecule has 0 amide bonds. The maximum atomic E-state index is 12.8. The molecule has 0 heterocycles. The fraction of sp³-hybridized carbons (Fsp3) is 0.831. The molecule has 0 aliphatic carbocycles. The maximum absolute atomic E-state index is 12.8. The lowest BCUT2D eigenvalue weighted by molar-refractivity contribution is -0.167. The van der Waals surface area contributed by atoms with E-state index >= 15 is 0 Å². The highest BCUT2D eigenvalue weighted by molar-refractivity contribution is 5.71. The molecule has 1 atom stereocenters. The van der Waals surface area contributed by atoms with E-state index in [-0.39, 0.29) is 31.1 Å². The normalized spacial score (nSPS) is 12.3. The molecular formula is C65H118O6. The molecule has 6 heteroatoms. The first kappa shape index (κ1) is 68.4. The van der Waals surface area contributed by atoms with Crippen molar-refractivity contribution in [3.05, 3.63) is 48.6 Å². The summed E-state index contributed by atoms with van der Waals surface area (Å²) >= 11 is 0. The van der Waals surface area contributed by atoms with Crippen molar-refractivity contribution >= 4 is 17.9 Å². The number of rotatable bonds is 57. The molecule has 71 heavy (non-hydrogen) atoms. The summed E-state index contributed by atoms with van der Waals surface area (Å²) in [5.41, 5.74) is 0. The largest absolute Gasteiger partial charge is 0.462 e. The lowest BCUT2D eigenvalue weighted by Gasteiger charge is -2.18. The number of allylic oxidation sites excluding steroid dienone is 8. The Balaban J connectivity index is 3.99. The van der Waals surface area contributed by atoms with Crippen LogP contribution in [-0.4, -0.2) is 37.2 Å². The van der Waals surface area contributed by atoms with Gasteiger partial charge >= 0.3 is 17.9 Å². The molecule has 1 unspecified atom stereocenters. The molecule has 0 radical (unpaired) electrons. The zero-order chi connectivity index (χ0) is 51.4. The number of hydrogen-bond donors (Lipinski definition) is 0. The molecule has 0 aromatic rings. The standard InChI is InChI=1S/C65H118O6/c1-4-7-10-13-16-18-20-22-24-25-26-27-28-29-30-31-32-33-34-35-36-37-38-39-41-42-44-46-49-52-55-58-64(67)70-61-62(60-69-63(66)57-54-51-48-15-12-9-6-3)71-65(68)59-56-53-50-47-45-43-40-23-21-19-17-14-11-8-5-2/h8,11,17,19,23,25-26,40,62H,4-7,9-10,12-16,18,20-22,24,27-39,41-61H2,1-3H3/b11-8-,19-17-,26-25-,40-23-. The smallest absolute Gasteiger partial charge is 0.306 e. The molecule has 0 fully saturated rings.